The summed E-state index contributed by atoms with van der Waals surface area (Å²) in [6, 6.07) is 13.6. The highest BCUT2D eigenvalue weighted by Gasteiger charge is 2.40. The van der Waals surface area contributed by atoms with Crippen LogP contribution in [0.5, 0.6) is 11.5 Å². The van der Waals surface area contributed by atoms with Crippen LogP contribution in [0.25, 0.3) is 0 Å². The average Bonchev–Trinajstić information content (AvgIpc) is 2.70. The van der Waals surface area contributed by atoms with Gasteiger partial charge >= 0.3 is 5.69 Å². The van der Waals surface area contributed by atoms with Gasteiger partial charge in [-0.25, -0.2) is 16.8 Å². The summed E-state index contributed by atoms with van der Waals surface area (Å²) < 4.78 is 52.5. The second-order valence-electron chi connectivity index (χ2n) is 5.81. The first-order chi connectivity index (χ1) is 13.6. The van der Waals surface area contributed by atoms with Crippen molar-refractivity contribution in [2.45, 2.75) is 19.6 Å². The lowest BCUT2D eigenvalue weighted by molar-refractivity contribution is -0.389. The molecule has 9 nitrogen and oxygen atoms in total. The van der Waals surface area contributed by atoms with Crippen LogP contribution in [0.2, 0.25) is 0 Å². The number of phenolic OH excluding ortho intramolecular Hbond substituents is 2. The molecule has 3 aromatic carbocycles. The Kier molecular flexibility index (Phi) is 5.03. The number of nitrogens with zero attached hydrogens (tertiary/aromatic N) is 1. The molecular formula is C18H13NO8S2. The molecule has 150 valence electrons. The molecule has 0 unspecified atom stereocenters. The van der Waals surface area contributed by atoms with Crippen molar-refractivity contribution in [3.8, 4) is 11.5 Å². The van der Waals surface area contributed by atoms with Gasteiger partial charge < -0.3 is 10.2 Å². The third kappa shape index (κ3) is 3.41. The van der Waals surface area contributed by atoms with Crippen molar-refractivity contribution >= 4 is 25.4 Å². The third-order valence-electron chi connectivity index (χ3n) is 4.02. The van der Waals surface area contributed by atoms with Gasteiger partial charge in [-0.3, -0.25) is 10.1 Å². The van der Waals surface area contributed by atoms with Crippen molar-refractivity contribution in [1.29, 1.82) is 0 Å². The Bertz CT molecular complexity index is 1300. The molecule has 3 aromatic rings. The number of phenols is 2. The van der Waals surface area contributed by atoms with Crippen LogP contribution in [-0.4, -0.2) is 32.0 Å². The smallest absolute Gasteiger partial charge is 0.334 e. The van der Waals surface area contributed by atoms with E-state index in [1.165, 1.54) is 48.5 Å². The second-order valence-corrected chi connectivity index (χ2v) is 9.61. The van der Waals surface area contributed by atoms with Crippen LogP contribution in [0.3, 0.4) is 0 Å². The standard InChI is InChI=1S/C18H13NO8S2/c20-14-11-15(28(24,25)12-7-3-1-4-8-12)18(16(17(14)21)19(22)23)29(26,27)13-9-5-2-6-10-13/h1-11,20-21H. The third-order valence-corrected chi connectivity index (χ3v) is 7.79. The van der Waals surface area contributed by atoms with E-state index in [1.54, 1.807) is 0 Å². The van der Waals surface area contributed by atoms with E-state index in [2.05, 4.69) is 0 Å². The topological polar surface area (TPSA) is 152 Å². The van der Waals surface area contributed by atoms with Gasteiger partial charge in [0.1, 0.15) is 4.90 Å². The molecule has 0 saturated carbocycles. The van der Waals surface area contributed by atoms with Crippen LogP contribution in [0.1, 0.15) is 0 Å². The minimum absolute atomic E-state index is 0.344. The molecule has 0 spiro atoms. The summed E-state index contributed by atoms with van der Waals surface area (Å²) in [7, 11) is -9.38. The molecule has 0 aliphatic heterocycles. The fraction of sp³-hybridized carbons (Fsp3) is 0. The van der Waals surface area contributed by atoms with E-state index in [1.807, 2.05) is 0 Å². The Balaban J connectivity index is 2.50. The highest BCUT2D eigenvalue weighted by molar-refractivity contribution is 7.94. The normalized spacial score (nSPS) is 11.9. The summed E-state index contributed by atoms with van der Waals surface area (Å²) in [6.45, 7) is 0. The van der Waals surface area contributed by atoms with Crippen molar-refractivity contribution in [2.75, 3.05) is 0 Å². The number of nitro benzene ring substituents is 1. The lowest BCUT2D eigenvalue weighted by Crippen LogP contribution is -2.13. The van der Waals surface area contributed by atoms with Gasteiger partial charge in [0, 0.05) is 6.07 Å². The molecule has 0 bridgehead atoms. The van der Waals surface area contributed by atoms with E-state index >= 15 is 0 Å². The summed E-state index contributed by atoms with van der Waals surface area (Å²) in [6.07, 6.45) is 0. The van der Waals surface area contributed by atoms with Gasteiger partial charge in [-0.05, 0) is 24.3 Å². The van der Waals surface area contributed by atoms with E-state index in [4.69, 9.17) is 0 Å². The fourth-order valence-electron chi connectivity index (χ4n) is 2.68. The average molecular weight is 435 g/mol. The monoisotopic (exact) mass is 435 g/mol. The number of rotatable bonds is 5. The van der Waals surface area contributed by atoms with Gasteiger partial charge in [-0.15, -0.1) is 0 Å². The van der Waals surface area contributed by atoms with Gasteiger partial charge in [-0.1, -0.05) is 36.4 Å². The molecule has 0 aliphatic rings. The quantitative estimate of drug-likeness (QED) is 0.352. The number of sulfone groups is 2. The number of nitro groups is 1. The van der Waals surface area contributed by atoms with Gasteiger partial charge in [0.25, 0.3) is 0 Å². The van der Waals surface area contributed by atoms with E-state index in [0.717, 1.165) is 12.1 Å². The van der Waals surface area contributed by atoms with Gasteiger partial charge in [0.15, 0.2) is 10.6 Å². The van der Waals surface area contributed by atoms with E-state index < -0.39 is 56.5 Å². The predicted molar refractivity (Wildman–Crippen MR) is 100 cm³/mol. The fourth-order valence-corrected chi connectivity index (χ4v) is 6.21. The van der Waals surface area contributed by atoms with Crippen molar-refractivity contribution in [1.82, 2.24) is 0 Å². The first kappa shape index (κ1) is 20.3. The molecule has 0 amide bonds. The van der Waals surface area contributed by atoms with Crippen molar-refractivity contribution in [3.63, 3.8) is 0 Å². The largest absolute Gasteiger partial charge is 0.504 e. The molecule has 2 N–H and O–H groups in total. The van der Waals surface area contributed by atoms with Crippen LogP contribution in [0.4, 0.5) is 5.69 Å². The molecule has 0 atom stereocenters. The lowest BCUT2D eigenvalue weighted by Gasteiger charge is -2.14. The zero-order valence-electron chi connectivity index (χ0n) is 14.5. The van der Waals surface area contributed by atoms with Crippen LogP contribution in [0.15, 0.2) is 86.3 Å². The molecule has 29 heavy (non-hydrogen) atoms. The number of hydrogen-bond donors (Lipinski definition) is 2. The molecule has 0 radical (unpaired) electrons. The van der Waals surface area contributed by atoms with Crippen LogP contribution in [-0.2, 0) is 19.7 Å². The summed E-state index contributed by atoms with van der Waals surface area (Å²) in [5.74, 6) is -2.49. The van der Waals surface area contributed by atoms with Crippen LogP contribution >= 0.6 is 0 Å². The maximum absolute atomic E-state index is 13.2. The maximum Gasteiger partial charge on any atom is 0.334 e. The van der Waals surface area contributed by atoms with Crippen molar-refractivity contribution in [2.24, 2.45) is 0 Å². The van der Waals surface area contributed by atoms with Crippen molar-refractivity contribution < 1.29 is 32.0 Å². The van der Waals surface area contributed by atoms with Gasteiger partial charge in [0.2, 0.25) is 25.4 Å². The molecule has 0 fully saturated rings. The van der Waals surface area contributed by atoms with E-state index in [0.29, 0.717) is 6.07 Å². The molecule has 11 heteroatoms. The minimum Gasteiger partial charge on any atom is -0.504 e. The van der Waals surface area contributed by atoms with E-state index in [-0.39, 0.29) is 4.90 Å². The Hall–Kier alpha value is -3.44. The number of benzene rings is 3. The number of aromatic hydroxyl groups is 2. The summed E-state index contributed by atoms with van der Waals surface area (Å²) >= 11 is 0. The molecule has 3 rings (SSSR count). The molecule has 0 saturated heterocycles. The zero-order chi connectivity index (χ0) is 21.4. The predicted octanol–water partition coefficient (Wildman–Crippen LogP) is 2.67. The van der Waals surface area contributed by atoms with E-state index in [9.17, 15) is 37.2 Å². The second kappa shape index (κ2) is 7.18. The highest BCUT2D eigenvalue weighted by atomic mass is 32.2. The number of hydrogen-bond acceptors (Lipinski definition) is 8. The van der Waals surface area contributed by atoms with Gasteiger partial charge in [-0.2, -0.15) is 0 Å². The summed E-state index contributed by atoms with van der Waals surface area (Å²) in [4.78, 5) is 7.30. The molecule has 0 aromatic heterocycles. The van der Waals surface area contributed by atoms with Gasteiger partial charge in [0.05, 0.1) is 14.7 Å². The Labute approximate surface area is 165 Å². The highest BCUT2D eigenvalue weighted by Crippen LogP contribution is 2.46. The van der Waals surface area contributed by atoms with Crippen molar-refractivity contribution in [3.05, 3.63) is 76.8 Å². The first-order valence-electron chi connectivity index (χ1n) is 7.92. The van der Waals surface area contributed by atoms with Crippen LogP contribution in [0, 0.1) is 10.1 Å². The molecular weight excluding hydrogens is 422 g/mol. The SMILES string of the molecule is O=[N+]([O-])c1c(O)c(O)cc(S(=O)(=O)c2ccccc2)c1S(=O)(=O)c1ccccc1. The lowest BCUT2D eigenvalue weighted by atomic mass is 10.2. The van der Waals surface area contributed by atoms with Crippen LogP contribution < -0.4 is 0 Å². The Morgan fingerprint density at radius 3 is 1.66 bits per heavy atom. The summed E-state index contributed by atoms with van der Waals surface area (Å²) in [5.41, 5.74) is -1.43. The first-order valence-corrected chi connectivity index (χ1v) is 10.9. The zero-order valence-corrected chi connectivity index (χ0v) is 16.1. The molecule has 0 heterocycles. The molecule has 0 aliphatic carbocycles. The Morgan fingerprint density at radius 2 is 1.21 bits per heavy atom. The Morgan fingerprint density at radius 1 is 0.759 bits per heavy atom. The maximum atomic E-state index is 13.2. The summed E-state index contributed by atoms with van der Waals surface area (Å²) in [5, 5.41) is 31.4. The minimum atomic E-state index is -4.77.